The second-order valence-electron chi connectivity index (χ2n) is 10.5. The van der Waals surface area contributed by atoms with Gasteiger partial charge in [-0.2, -0.15) is 9.97 Å². The predicted octanol–water partition coefficient (Wildman–Crippen LogP) is 3.86. The molecule has 3 aromatic heterocycles. The summed E-state index contributed by atoms with van der Waals surface area (Å²) in [5.41, 5.74) is 0.926. The average Bonchev–Trinajstić information content (AvgIpc) is 3.61. The molecule has 37 heavy (non-hydrogen) atoms. The highest BCUT2D eigenvalue weighted by molar-refractivity contribution is 5.99. The van der Waals surface area contributed by atoms with Gasteiger partial charge in [0.25, 0.3) is 0 Å². The van der Waals surface area contributed by atoms with E-state index in [0.29, 0.717) is 46.5 Å². The highest BCUT2D eigenvalue weighted by Crippen LogP contribution is 2.39. The molecule has 1 aromatic carbocycles. The van der Waals surface area contributed by atoms with Crippen molar-refractivity contribution in [2.75, 3.05) is 38.2 Å². The summed E-state index contributed by atoms with van der Waals surface area (Å²) in [7, 11) is 2.08. The fourth-order valence-corrected chi connectivity index (χ4v) is 6.21. The lowest BCUT2D eigenvalue weighted by atomic mass is 10.0. The fourth-order valence-electron chi connectivity index (χ4n) is 6.21. The van der Waals surface area contributed by atoms with Crippen molar-refractivity contribution < 1.29 is 13.5 Å². The third-order valence-electron chi connectivity index (χ3n) is 8.16. The fraction of sp³-hybridized carbons (Fsp3) is 0.444. The third-order valence-corrected chi connectivity index (χ3v) is 8.16. The van der Waals surface area contributed by atoms with Crippen LogP contribution in [0.4, 0.5) is 14.6 Å². The molecule has 3 aliphatic rings. The van der Waals surface area contributed by atoms with E-state index >= 15 is 8.78 Å². The Balaban J connectivity index is 1.36. The number of nitrogens with one attached hydrogen (secondary N) is 2. The minimum atomic E-state index is -0.718. The van der Waals surface area contributed by atoms with E-state index in [9.17, 15) is 0 Å². The molecule has 3 fully saturated rings. The molecule has 0 unspecified atom stereocenters. The van der Waals surface area contributed by atoms with Crippen LogP contribution in [-0.2, 0) is 0 Å². The summed E-state index contributed by atoms with van der Waals surface area (Å²) in [5.74, 6) is -0.841. The van der Waals surface area contributed by atoms with Gasteiger partial charge in [0.15, 0.2) is 5.82 Å². The molecule has 192 valence electrons. The van der Waals surface area contributed by atoms with Gasteiger partial charge in [0.2, 0.25) is 0 Å². The number of piperazine rings is 1. The van der Waals surface area contributed by atoms with Crippen LogP contribution in [-0.4, -0.2) is 76.3 Å². The van der Waals surface area contributed by atoms with Gasteiger partial charge in [-0.1, -0.05) is 0 Å². The number of aromatic amines is 1. The van der Waals surface area contributed by atoms with E-state index in [1.54, 1.807) is 24.5 Å². The molecule has 2 N–H and O–H groups in total. The Morgan fingerprint density at radius 2 is 1.95 bits per heavy atom. The quantitative estimate of drug-likeness (QED) is 0.426. The van der Waals surface area contributed by atoms with E-state index in [0.717, 1.165) is 45.3 Å². The maximum absolute atomic E-state index is 16.3. The third kappa shape index (κ3) is 3.90. The predicted molar refractivity (Wildman–Crippen MR) is 138 cm³/mol. The SMILES string of the molecule is CN1CCC[C@H]1COc1nc(N2C[C@H]3CC[C@@H](C2)N3)c2cc(F)c(-c3c[nH]c4ncccc34)c(F)c2n1. The van der Waals surface area contributed by atoms with E-state index in [4.69, 9.17) is 9.72 Å². The monoisotopic (exact) mass is 505 g/mol. The zero-order valence-electron chi connectivity index (χ0n) is 20.7. The molecular weight excluding hydrogens is 476 g/mol. The van der Waals surface area contributed by atoms with Crippen molar-refractivity contribution in [3.63, 3.8) is 0 Å². The molecule has 2 bridgehead atoms. The number of hydrogen-bond donors (Lipinski definition) is 2. The minimum absolute atomic E-state index is 0.0697. The zero-order chi connectivity index (χ0) is 25.1. The van der Waals surface area contributed by atoms with Crippen LogP contribution in [0.15, 0.2) is 30.6 Å². The number of aromatic nitrogens is 4. The van der Waals surface area contributed by atoms with Gasteiger partial charge in [-0.25, -0.2) is 13.8 Å². The Morgan fingerprint density at radius 1 is 1.11 bits per heavy atom. The summed E-state index contributed by atoms with van der Waals surface area (Å²) in [5, 5.41) is 4.62. The molecule has 3 saturated heterocycles. The Morgan fingerprint density at radius 3 is 2.73 bits per heavy atom. The second-order valence-corrected chi connectivity index (χ2v) is 10.5. The number of halogens is 2. The number of likely N-dealkylation sites (N-methyl/N-ethyl adjacent to an activating group) is 1. The van der Waals surface area contributed by atoms with Crippen LogP contribution in [0.3, 0.4) is 0 Å². The van der Waals surface area contributed by atoms with Gasteiger partial charge >= 0.3 is 6.01 Å². The molecule has 0 amide bonds. The Labute approximate surface area is 213 Å². The maximum atomic E-state index is 16.3. The summed E-state index contributed by atoms with van der Waals surface area (Å²) in [4.78, 5) is 20.9. The first-order chi connectivity index (χ1) is 18.0. The van der Waals surface area contributed by atoms with Gasteiger partial charge in [0.1, 0.15) is 29.4 Å². The Bertz CT molecular complexity index is 1480. The molecule has 3 aliphatic heterocycles. The lowest BCUT2D eigenvalue weighted by Crippen LogP contribution is -2.51. The summed E-state index contributed by atoms with van der Waals surface area (Å²) >= 11 is 0. The van der Waals surface area contributed by atoms with Gasteiger partial charge in [-0.05, 0) is 57.5 Å². The van der Waals surface area contributed by atoms with Crippen LogP contribution in [0.1, 0.15) is 25.7 Å². The van der Waals surface area contributed by atoms with Crippen LogP contribution < -0.4 is 15.0 Å². The van der Waals surface area contributed by atoms with Crippen molar-refractivity contribution in [3.8, 4) is 17.1 Å². The van der Waals surface area contributed by atoms with Gasteiger partial charge in [-0.15, -0.1) is 0 Å². The van der Waals surface area contributed by atoms with Gasteiger partial charge in [0, 0.05) is 59.9 Å². The molecule has 8 nitrogen and oxygen atoms in total. The Kier molecular flexibility index (Phi) is 5.47. The van der Waals surface area contributed by atoms with E-state index in [1.807, 2.05) is 0 Å². The van der Waals surface area contributed by atoms with Crippen molar-refractivity contribution in [1.29, 1.82) is 0 Å². The number of ether oxygens (including phenoxy) is 1. The summed E-state index contributed by atoms with van der Waals surface area (Å²) in [6.07, 6.45) is 7.56. The first kappa shape index (κ1) is 22.8. The van der Waals surface area contributed by atoms with E-state index in [2.05, 4.69) is 37.1 Å². The van der Waals surface area contributed by atoms with E-state index in [-0.39, 0.29) is 23.1 Å². The van der Waals surface area contributed by atoms with Crippen LogP contribution in [0.2, 0.25) is 0 Å². The number of benzene rings is 1. The highest BCUT2D eigenvalue weighted by atomic mass is 19.1. The van der Waals surface area contributed by atoms with Crippen molar-refractivity contribution in [2.24, 2.45) is 0 Å². The number of hydrogen-bond acceptors (Lipinski definition) is 7. The number of pyridine rings is 1. The second kappa shape index (κ2) is 8.88. The molecular formula is C27H29F2N7O. The molecule has 0 spiro atoms. The number of likely N-dealkylation sites (tertiary alicyclic amines) is 1. The lowest BCUT2D eigenvalue weighted by molar-refractivity contribution is 0.188. The summed E-state index contributed by atoms with van der Waals surface area (Å²) in [6, 6.07) is 6.00. The van der Waals surface area contributed by atoms with Gasteiger partial charge in [-0.3, -0.25) is 0 Å². The first-order valence-electron chi connectivity index (χ1n) is 13.0. The van der Waals surface area contributed by atoms with Crippen LogP contribution in [0.25, 0.3) is 33.1 Å². The topological polar surface area (TPSA) is 82.2 Å². The number of fused-ring (bicyclic) bond motifs is 4. The normalized spacial score (nSPS) is 24.0. The number of nitrogens with zero attached hydrogens (tertiary/aromatic N) is 5. The highest BCUT2D eigenvalue weighted by Gasteiger charge is 2.34. The molecule has 0 aliphatic carbocycles. The molecule has 0 saturated carbocycles. The van der Waals surface area contributed by atoms with E-state index in [1.165, 1.54) is 6.07 Å². The summed E-state index contributed by atoms with van der Waals surface area (Å²) < 4.78 is 38.0. The van der Waals surface area contributed by atoms with Crippen molar-refractivity contribution >= 4 is 27.8 Å². The first-order valence-corrected chi connectivity index (χ1v) is 13.0. The standard InChI is InChI=1S/C27H29F2N7O/c1-35-9-3-4-17(35)14-37-27-33-24-19(26(34-27)36-12-15-6-7-16(13-36)32-15)10-21(28)22(23(24)29)20-11-31-25-18(20)5-2-8-30-25/h2,5,8,10-11,15-17,32H,3-4,6-7,9,12-14H2,1H3,(H,30,31)/t15-,16+,17-/m0/s1. The minimum Gasteiger partial charge on any atom is -0.462 e. The lowest BCUT2D eigenvalue weighted by Gasteiger charge is -2.34. The van der Waals surface area contributed by atoms with Gasteiger partial charge < -0.3 is 24.8 Å². The van der Waals surface area contributed by atoms with E-state index < -0.39 is 11.6 Å². The molecule has 10 heteroatoms. The smallest absolute Gasteiger partial charge is 0.319 e. The molecule has 3 atom stereocenters. The van der Waals surface area contributed by atoms with Crippen molar-refractivity contribution in [1.82, 2.24) is 30.2 Å². The number of anilines is 1. The van der Waals surface area contributed by atoms with Gasteiger partial charge in [0.05, 0.1) is 5.56 Å². The molecule has 7 rings (SSSR count). The summed E-state index contributed by atoms with van der Waals surface area (Å²) in [6.45, 7) is 2.91. The van der Waals surface area contributed by atoms with Crippen LogP contribution in [0.5, 0.6) is 6.01 Å². The van der Waals surface area contributed by atoms with Crippen molar-refractivity contribution in [3.05, 3.63) is 42.2 Å². The molecule has 4 aromatic rings. The number of H-pyrrole nitrogens is 1. The van der Waals surface area contributed by atoms with Crippen molar-refractivity contribution in [2.45, 2.75) is 43.8 Å². The maximum Gasteiger partial charge on any atom is 0.319 e. The molecule has 0 radical (unpaired) electrons. The van der Waals surface area contributed by atoms with Crippen LogP contribution >= 0.6 is 0 Å². The largest absolute Gasteiger partial charge is 0.462 e. The average molecular weight is 506 g/mol. The van der Waals surface area contributed by atoms with Crippen LogP contribution in [0, 0.1) is 11.6 Å². The number of rotatable bonds is 5. The Hall–Kier alpha value is -3.37. The molecule has 6 heterocycles. The zero-order valence-corrected chi connectivity index (χ0v) is 20.7.